The topological polar surface area (TPSA) is 58.9 Å². The van der Waals surface area contributed by atoms with Gasteiger partial charge in [-0.25, -0.2) is 19.6 Å². The van der Waals surface area contributed by atoms with Gasteiger partial charge in [0.2, 0.25) is 12.2 Å². The zero-order valence-corrected chi connectivity index (χ0v) is 8.49. The second kappa shape index (κ2) is 5.89. The van der Waals surface area contributed by atoms with Crippen LogP contribution in [-0.2, 0) is 22.7 Å². The first kappa shape index (κ1) is 11.3. The Hall–Kier alpha value is -1.73. The van der Waals surface area contributed by atoms with Crippen LogP contribution in [0, 0.1) is 0 Å². The molecule has 0 spiro atoms. The van der Waals surface area contributed by atoms with E-state index in [1.165, 1.54) is 12.2 Å². The summed E-state index contributed by atoms with van der Waals surface area (Å²) >= 11 is 5.91. The third-order valence-corrected chi connectivity index (χ3v) is 2.11. The molecule has 1 aromatic carbocycles. The van der Waals surface area contributed by atoms with Crippen LogP contribution in [0.2, 0.25) is 5.02 Å². The fraction of sp³-hybridized carbons (Fsp3) is 0.200. The van der Waals surface area contributed by atoms with Crippen molar-refractivity contribution in [3.8, 4) is 0 Å². The highest BCUT2D eigenvalue weighted by atomic mass is 35.5. The quantitative estimate of drug-likeness (QED) is 0.578. The van der Waals surface area contributed by atoms with Crippen LogP contribution in [0.25, 0.3) is 0 Å². The average Bonchev–Trinajstić information content (AvgIpc) is 2.25. The summed E-state index contributed by atoms with van der Waals surface area (Å²) in [6.07, 6.45) is 2.89. The maximum absolute atomic E-state index is 9.91. The Morgan fingerprint density at radius 1 is 1.13 bits per heavy atom. The summed E-state index contributed by atoms with van der Waals surface area (Å²) < 4.78 is 0. The van der Waals surface area contributed by atoms with E-state index in [0.717, 1.165) is 11.1 Å². The van der Waals surface area contributed by atoms with Crippen molar-refractivity contribution in [2.24, 2.45) is 9.98 Å². The number of nitrogens with zero attached hydrogens (tertiary/aromatic N) is 2. The highest BCUT2D eigenvalue weighted by Gasteiger charge is 2.00. The molecule has 0 atom stereocenters. The van der Waals surface area contributed by atoms with E-state index < -0.39 is 0 Å². The molecule has 0 bridgehead atoms. The SMILES string of the molecule is O=C=NCc1ccc(CN=C=O)c(Cl)c1. The Morgan fingerprint density at radius 2 is 1.80 bits per heavy atom. The summed E-state index contributed by atoms with van der Waals surface area (Å²) in [7, 11) is 0. The Balaban J connectivity index is 2.86. The number of hydrogen-bond acceptors (Lipinski definition) is 4. The average molecular weight is 223 g/mol. The lowest BCUT2D eigenvalue weighted by Crippen LogP contribution is -1.87. The van der Waals surface area contributed by atoms with Crippen LogP contribution in [0.4, 0.5) is 0 Å². The normalized spacial score (nSPS) is 8.87. The van der Waals surface area contributed by atoms with Crippen LogP contribution in [-0.4, -0.2) is 12.2 Å². The molecular formula is C10H7ClN2O2. The Labute approximate surface area is 91.3 Å². The van der Waals surface area contributed by atoms with Gasteiger partial charge in [0.05, 0.1) is 13.1 Å². The van der Waals surface area contributed by atoms with Crippen molar-refractivity contribution in [3.05, 3.63) is 34.3 Å². The molecule has 0 aliphatic rings. The van der Waals surface area contributed by atoms with E-state index in [9.17, 15) is 9.59 Å². The maximum Gasteiger partial charge on any atom is 0.235 e. The molecule has 1 rings (SSSR count). The molecule has 0 heterocycles. The molecule has 0 amide bonds. The van der Waals surface area contributed by atoms with Gasteiger partial charge >= 0.3 is 0 Å². The summed E-state index contributed by atoms with van der Waals surface area (Å²) in [5.41, 5.74) is 1.54. The molecule has 15 heavy (non-hydrogen) atoms. The van der Waals surface area contributed by atoms with Gasteiger partial charge in [-0.1, -0.05) is 23.7 Å². The van der Waals surface area contributed by atoms with Gasteiger partial charge in [-0.3, -0.25) is 0 Å². The van der Waals surface area contributed by atoms with Gasteiger partial charge in [-0.15, -0.1) is 0 Å². The molecule has 0 saturated heterocycles. The Kier molecular flexibility index (Phi) is 4.45. The molecule has 5 heteroatoms. The van der Waals surface area contributed by atoms with Crippen molar-refractivity contribution >= 4 is 23.8 Å². The highest BCUT2D eigenvalue weighted by Crippen LogP contribution is 2.19. The van der Waals surface area contributed by atoms with E-state index >= 15 is 0 Å². The summed E-state index contributed by atoms with van der Waals surface area (Å²) in [6.45, 7) is 0.458. The molecule has 0 aliphatic heterocycles. The summed E-state index contributed by atoms with van der Waals surface area (Å²) in [4.78, 5) is 26.6. The predicted octanol–water partition coefficient (Wildman–Crippen LogP) is 2.01. The number of hydrogen-bond donors (Lipinski definition) is 0. The molecule has 76 valence electrons. The lowest BCUT2D eigenvalue weighted by molar-refractivity contribution is 0.562. The van der Waals surface area contributed by atoms with Gasteiger partial charge in [0.25, 0.3) is 0 Å². The first-order valence-electron chi connectivity index (χ1n) is 4.12. The van der Waals surface area contributed by atoms with E-state index in [1.54, 1.807) is 18.2 Å². The monoisotopic (exact) mass is 222 g/mol. The van der Waals surface area contributed by atoms with Gasteiger partial charge in [0.15, 0.2) is 0 Å². The van der Waals surface area contributed by atoms with Gasteiger partial charge < -0.3 is 0 Å². The highest BCUT2D eigenvalue weighted by molar-refractivity contribution is 6.31. The third kappa shape index (κ3) is 3.49. The molecule has 0 unspecified atom stereocenters. The van der Waals surface area contributed by atoms with Crippen LogP contribution in [0.1, 0.15) is 11.1 Å². The van der Waals surface area contributed by atoms with E-state index in [1.807, 2.05) is 0 Å². The smallest absolute Gasteiger partial charge is 0.211 e. The minimum absolute atomic E-state index is 0.208. The minimum Gasteiger partial charge on any atom is -0.211 e. The van der Waals surface area contributed by atoms with E-state index in [2.05, 4.69) is 9.98 Å². The van der Waals surface area contributed by atoms with Crippen LogP contribution < -0.4 is 0 Å². The predicted molar refractivity (Wildman–Crippen MR) is 55.1 cm³/mol. The number of halogens is 1. The second-order valence-electron chi connectivity index (χ2n) is 2.74. The lowest BCUT2D eigenvalue weighted by Gasteiger charge is -2.01. The van der Waals surface area contributed by atoms with Crippen molar-refractivity contribution in [3.63, 3.8) is 0 Å². The zero-order chi connectivity index (χ0) is 11.1. The maximum atomic E-state index is 9.91. The molecule has 0 radical (unpaired) electrons. The minimum atomic E-state index is 0.208. The Bertz CT molecular complexity index is 447. The summed E-state index contributed by atoms with van der Waals surface area (Å²) in [6, 6.07) is 5.18. The van der Waals surface area contributed by atoms with E-state index in [4.69, 9.17) is 11.6 Å². The Morgan fingerprint density at radius 3 is 2.40 bits per heavy atom. The van der Waals surface area contributed by atoms with Crippen molar-refractivity contribution in [1.29, 1.82) is 0 Å². The molecule has 4 nitrogen and oxygen atoms in total. The fourth-order valence-electron chi connectivity index (χ4n) is 1.06. The molecule has 0 aliphatic carbocycles. The van der Waals surface area contributed by atoms with Gasteiger partial charge in [0, 0.05) is 5.02 Å². The molecule has 1 aromatic rings. The number of benzene rings is 1. The third-order valence-electron chi connectivity index (χ3n) is 1.76. The van der Waals surface area contributed by atoms with Gasteiger partial charge in [-0.05, 0) is 17.2 Å². The van der Waals surface area contributed by atoms with Gasteiger partial charge in [-0.2, -0.15) is 0 Å². The lowest BCUT2D eigenvalue weighted by atomic mass is 10.1. The largest absolute Gasteiger partial charge is 0.235 e. The second-order valence-corrected chi connectivity index (χ2v) is 3.15. The van der Waals surface area contributed by atoms with Crippen molar-refractivity contribution in [1.82, 2.24) is 0 Å². The van der Waals surface area contributed by atoms with Crippen LogP contribution >= 0.6 is 11.6 Å². The van der Waals surface area contributed by atoms with Gasteiger partial charge in [0.1, 0.15) is 0 Å². The standard InChI is InChI=1S/C10H7ClN2O2/c11-10-3-8(4-12-6-14)1-2-9(10)5-13-7-15/h1-3H,4-5H2. The molecule has 0 N–H and O–H groups in total. The van der Waals surface area contributed by atoms with Crippen LogP contribution in [0.15, 0.2) is 28.2 Å². The molecule has 0 fully saturated rings. The zero-order valence-electron chi connectivity index (χ0n) is 7.74. The number of carbonyl (C=O) groups excluding carboxylic acids is 2. The summed E-state index contributed by atoms with van der Waals surface area (Å²) in [5, 5.41) is 0.493. The van der Waals surface area contributed by atoms with Crippen molar-refractivity contribution < 1.29 is 9.59 Å². The first-order valence-corrected chi connectivity index (χ1v) is 4.50. The van der Waals surface area contributed by atoms with E-state index in [-0.39, 0.29) is 13.1 Å². The van der Waals surface area contributed by atoms with Crippen LogP contribution in [0.3, 0.4) is 0 Å². The fourth-order valence-corrected chi connectivity index (χ4v) is 1.32. The van der Waals surface area contributed by atoms with E-state index in [0.29, 0.717) is 5.02 Å². The van der Waals surface area contributed by atoms with Crippen molar-refractivity contribution in [2.45, 2.75) is 13.1 Å². The molecule has 0 aromatic heterocycles. The number of rotatable bonds is 4. The first-order chi connectivity index (χ1) is 7.27. The number of isocyanates is 2. The van der Waals surface area contributed by atoms with Crippen LogP contribution in [0.5, 0.6) is 0 Å². The number of aliphatic imine (C=N–C) groups is 2. The van der Waals surface area contributed by atoms with Crippen molar-refractivity contribution in [2.75, 3.05) is 0 Å². The summed E-state index contributed by atoms with van der Waals surface area (Å²) in [5.74, 6) is 0. The molecular weight excluding hydrogens is 216 g/mol. The molecule has 0 saturated carbocycles.